The first-order valence-electron chi connectivity index (χ1n) is 17.5. The van der Waals surface area contributed by atoms with Crippen LogP contribution in [0.25, 0.3) is 110 Å². The molecule has 9 aromatic carbocycles. The van der Waals surface area contributed by atoms with Gasteiger partial charge in [-0.2, -0.15) is 0 Å². The lowest BCUT2D eigenvalue weighted by atomic mass is 9.93. The highest BCUT2D eigenvalue weighted by atomic mass is 16.3. The van der Waals surface area contributed by atoms with Gasteiger partial charge in [0.2, 0.25) is 0 Å². The molecule has 0 atom stereocenters. The van der Waals surface area contributed by atoms with Gasteiger partial charge >= 0.3 is 0 Å². The van der Waals surface area contributed by atoms with Crippen LogP contribution in [0.4, 0.5) is 0 Å². The molecule has 236 valence electrons. The maximum atomic E-state index is 6.38. The normalized spacial score (nSPS) is 12.3. The van der Waals surface area contributed by atoms with Gasteiger partial charge < -0.3 is 13.6 Å². The molecule has 0 amide bonds. The molecule has 3 heterocycles. The third-order valence-electron chi connectivity index (χ3n) is 11.1. The minimum atomic E-state index is 0.936. The summed E-state index contributed by atoms with van der Waals surface area (Å²) in [5, 5.41) is 12.4. The van der Waals surface area contributed by atoms with Gasteiger partial charge in [0.15, 0.2) is 0 Å². The predicted octanol–water partition coefficient (Wildman–Crippen LogP) is 13.2. The van der Waals surface area contributed by atoms with Gasteiger partial charge in [-0.05, 0) is 94.0 Å². The Morgan fingerprint density at radius 3 is 1.49 bits per heavy atom. The average molecular weight is 649 g/mol. The molecule has 0 radical (unpaired) electrons. The van der Waals surface area contributed by atoms with Crippen LogP contribution in [0, 0.1) is 0 Å². The summed E-state index contributed by atoms with van der Waals surface area (Å²) in [6, 6.07) is 61.8. The van der Waals surface area contributed by atoms with Crippen molar-refractivity contribution in [2.75, 3.05) is 0 Å². The zero-order valence-electron chi connectivity index (χ0n) is 27.5. The molecule has 0 aliphatic carbocycles. The summed E-state index contributed by atoms with van der Waals surface area (Å²) in [5.41, 5.74) is 11.5. The lowest BCUT2D eigenvalue weighted by Gasteiger charge is -2.15. The fourth-order valence-electron chi connectivity index (χ4n) is 8.95. The zero-order chi connectivity index (χ0) is 33.2. The summed E-state index contributed by atoms with van der Waals surface area (Å²) in [7, 11) is 0. The predicted molar refractivity (Wildman–Crippen MR) is 214 cm³/mol. The van der Waals surface area contributed by atoms with E-state index in [4.69, 9.17) is 4.42 Å². The van der Waals surface area contributed by atoms with E-state index in [1.54, 1.807) is 0 Å². The van der Waals surface area contributed by atoms with Crippen molar-refractivity contribution in [3.63, 3.8) is 0 Å². The number of hydrogen-bond donors (Lipinski definition) is 0. The molecule has 0 saturated carbocycles. The van der Waals surface area contributed by atoms with E-state index < -0.39 is 0 Å². The molecule has 51 heavy (non-hydrogen) atoms. The number of furan rings is 1. The lowest BCUT2D eigenvalue weighted by molar-refractivity contribution is 0.669. The summed E-state index contributed by atoms with van der Waals surface area (Å²) in [6.45, 7) is 0. The standard InChI is InChI=1S/C48H28N2O/c1-2-11-31(12-3-1)49-39-18-6-4-13-32(39)37-27-29(23-25-41(37)49)30-24-26-42-38(28-30)33-14-5-7-19-40(33)50(42)43-20-8-15-34-35-16-9-21-44-47(35)48-36(46(34)43)17-10-22-45(48)51-44/h1-28H. The fraction of sp³-hybridized carbons (Fsp3) is 0. The van der Waals surface area contributed by atoms with Crippen LogP contribution in [0.1, 0.15) is 0 Å². The quantitative estimate of drug-likeness (QED) is 0.175. The second-order valence-electron chi connectivity index (χ2n) is 13.7. The third-order valence-corrected chi connectivity index (χ3v) is 11.1. The molecule has 0 aliphatic heterocycles. The fourth-order valence-corrected chi connectivity index (χ4v) is 8.95. The Kier molecular flexibility index (Phi) is 5.23. The summed E-state index contributed by atoms with van der Waals surface area (Å²) in [4.78, 5) is 0. The van der Waals surface area contributed by atoms with E-state index in [0.29, 0.717) is 0 Å². The van der Waals surface area contributed by atoms with Gasteiger partial charge in [-0.1, -0.05) is 103 Å². The zero-order valence-corrected chi connectivity index (χ0v) is 27.5. The van der Waals surface area contributed by atoms with Crippen molar-refractivity contribution in [1.29, 1.82) is 0 Å². The van der Waals surface area contributed by atoms with Crippen LogP contribution in [0.2, 0.25) is 0 Å². The van der Waals surface area contributed by atoms with Crippen molar-refractivity contribution in [3.05, 3.63) is 170 Å². The van der Waals surface area contributed by atoms with Crippen molar-refractivity contribution in [2.24, 2.45) is 0 Å². The van der Waals surface area contributed by atoms with Crippen molar-refractivity contribution >= 4 is 87.1 Å². The highest BCUT2D eigenvalue weighted by molar-refractivity contribution is 6.34. The molecule has 0 N–H and O–H groups in total. The van der Waals surface area contributed by atoms with Crippen LogP contribution in [-0.2, 0) is 0 Å². The Labute approximate surface area is 292 Å². The highest BCUT2D eigenvalue weighted by Gasteiger charge is 2.21. The van der Waals surface area contributed by atoms with E-state index in [2.05, 4.69) is 179 Å². The molecule has 12 rings (SSSR count). The van der Waals surface area contributed by atoms with Gasteiger partial charge in [-0.3, -0.25) is 0 Å². The second kappa shape index (κ2) is 9.87. The third kappa shape index (κ3) is 3.57. The average Bonchev–Trinajstić information content (AvgIpc) is 3.85. The van der Waals surface area contributed by atoms with Gasteiger partial charge in [-0.15, -0.1) is 0 Å². The topological polar surface area (TPSA) is 23.0 Å². The maximum absolute atomic E-state index is 6.38. The number of hydrogen-bond acceptors (Lipinski definition) is 1. The van der Waals surface area contributed by atoms with Crippen LogP contribution >= 0.6 is 0 Å². The summed E-state index contributed by atoms with van der Waals surface area (Å²) in [6.07, 6.45) is 0. The Balaban J connectivity index is 1.12. The van der Waals surface area contributed by atoms with Crippen LogP contribution in [0.3, 0.4) is 0 Å². The van der Waals surface area contributed by atoms with E-state index in [9.17, 15) is 0 Å². The number of aromatic nitrogens is 2. The monoisotopic (exact) mass is 648 g/mol. The van der Waals surface area contributed by atoms with Crippen molar-refractivity contribution < 1.29 is 4.42 Å². The Morgan fingerprint density at radius 1 is 0.314 bits per heavy atom. The van der Waals surface area contributed by atoms with Gasteiger partial charge in [0.25, 0.3) is 0 Å². The molecular formula is C48H28N2O. The maximum Gasteiger partial charge on any atom is 0.136 e. The first-order valence-corrected chi connectivity index (χ1v) is 17.5. The van der Waals surface area contributed by atoms with E-state index in [0.717, 1.165) is 11.2 Å². The SMILES string of the molecule is c1ccc(-n2c3ccccc3c3cc(-c4ccc5c(c4)c4ccccc4n5-c4cccc5c6cccc7oc8cccc(c45)c8c76)ccc32)cc1. The molecule has 0 unspecified atom stereocenters. The largest absolute Gasteiger partial charge is 0.456 e. The summed E-state index contributed by atoms with van der Waals surface area (Å²) < 4.78 is 11.2. The molecule has 3 heteroatoms. The van der Waals surface area contributed by atoms with Crippen LogP contribution in [-0.4, -0.2) is 9.13 Å². The number of para-hydroxylation sites is 3. The molecule has 12 aromatic rings. The van der Waals surface area contributed by atoms with Gasteiger partial charge in [0.05, 0.1) is 27.8 Å². The first-order chi connectivity index (χ1) is 25.3. The van der Waals surface area contributed by atoms with E-state index in [1.807, 2.05) is 0 Å². The highest BCUT2D eigenvalue weighted by Crippen LogP contribution is 2.46. The molecular weight excluding hydrogens is 621 g/mol. The summed E-state index contributed by atoms with van der Waals surface area (Å²) in [5.74, 6) is 0. The van der Waals surface area contributed by atoms with E-state index in [1.165, 1.54) is 98.4 Å². The lowest BCUT2D eigenvalue weighted by Crippen LogP contribution is -1.96. The Morgan fingerprint density at radius 2 is 0.804 bits per heavy atom. The van der Waals surface area contributed by atoms with Gasteiger partial charge in [-0.25, -0.2) is 0 Å². The van der Waals surface area contributed by atoms with E-state index in [-0.39, 0.29) is 0 Å². The first kappa shape index (κ1) is 27.0. The van der Waals surface area contributed by atoms with E-state index >= 15 is 0 Å². The molecule has 0 aliphatic rings. The molecule has 3 nitrogen and oxygen atoms in total. The Bertz CT molecular complexity index is 3360. The minimum Gasteiger partial charge on any atom is -0.456 e. The molecule has 0 bridgehead atoms. The summed E-state index contributed by atoms with van der Waals surface area (Å²) >= 11 is 0. The smallest absolute Gasteiger partial charge is 0.136 e. The number of rotatable bonds is 3. The molecule has 0 saturated heterocycles. The van der Waals surface area contributed by atoms with Crippen LogP contribution < -0.4 is 0 Å². The van der Waals surface area contributed by atoms with Gasteiger partial charge in [0, 0.05) is 43.4 Å². The molecule has 0 fully saturated rings. The van der Waals surface area contributed by atoms with Crippen molar-refractivity contribution in [3.8, 4) is 22.5 Å². The van der Waals surface area contributed by atoms with Crippen molar-refractivity contribution in [1.82, 2.24) is 9.13 Å². The second-order valence-corrected chi connectivity index (χ2v) is 13.7. The number of nitrogens with zero attached hydrogens (tertiary/aromatic N) is 2. The number of fused-ring (bicyclic) bond motifs is 9. The van der Waals surface area contributed by atoms with Crippen LogP contribution in [0.15, 0.2) is 174 Å². The molecule has 3 aromatic heterocycles. The number of benzene rings is 9. The Hall–Kier alpha value is -6.84. The van der Waals surface area contributed by atoms with Crippen LogP contribution in [0.5, 0.6) is 0 Å². The van der Waals surface area contributed by atoms with Gasteiger partial charge in [0.1, 0.15) is 11.2 Å². The van der Waals surface area contributed by atoms with Crippen molar-refractivity contribution in [2.45, 2.75) is 0 Å². The molecule has 0 spiro atoms. The minimum absolute atomic E-state index is 0.936.